The van der Waals surface area contributed by atoms with Crippen molar-refractivity contribution in [3.63, 3.8) is 0 Å². The van der Waals surface area contributed by atoms with Crippen molar-refractivity contribution < 1.29 is 0 Å². The summed E-state index contributed by atoms with van der Waals surface area (Å²) in [4.78, 5) is 1.39. The third-order valence-corrected chi connectivity index (χ3v) is 1.82. The van der Waals surface area contributed by atoms with Crippen molar-refractivity contribution in [3.8, 4) is 0 Å². The molecule has 0 aliphatic rings. The van der Waals surface area contributed by atoms with E-state index in [4.69, 9.17) is 0 Å². The molecular formula is C8H11ClS. The molecule has 1 aromatic heterocycles. The zero-order valence-electron chi connectivity index (χ0n) is 6.01. The van der Waals surface area contributed by atoms with Gasteiger partial charge in [0.25, 0.3) is 0 Å². The van der Waals surface area contributed by atoms with Crippen LogP contribution in [0.1, 0.15) is 4.88 Å². The summed E-state index contributed by atoms with van der Waals surface area (Å²) < 4.78 is 0. The molecule has 1 rings (SSSR count). The van der Waals surface area contributed by atoms with Crippen molar-refractivity contribution in [2.75, 3.05) is 6.38 Å². The number of thiophene rings is 1. The number of hydrogen-bond donors (Lipinski definition) is 0. The monoisotopic (exact) mass is 174 g/mol. The first kappa shape index (κ1) is 9.73. The maximum Gasteiger partial charge on any atom is 0.0108 e. The first-order valence-corrected chi connectivity index (χ1v) is 4.58. The Bertz CT molecular complexity index is 156. The lowest BCUT2D eigenvalue weighted by Crippen LogP contribution is -1.66. The second-order valence-corrected chi connectivity index (χ2v) is 2.60. The predicted octanol–water partition coefficient (Wildman–Crippen LogP) is 3.33. The average molecular weight is 175 g/mol. The van der Waals surface area contributed by atoms with Gasteiger partial charge in [0, 0.05) is 11.3 Å². The van der Waals surface area contributed by atoms with Crippen LogP contribution in [0.3, 0.4) is 0 Å². The van der Waals surface area contributed by atoms with E-state index in [1.807, 2.05) is 6.08 Å². The highest BCUT2D eigenvalue weighted by atomic mass is 35.5. The fourth-order valence-corrected chi connectivity index (χ4v) is 1.27. The van der Waals surface area contributed by atoms with Crippen molar-refractivity contribution in [3.05, 3.63) is 35.0 Å². The van der Waals surface area contributed by atoms with Crippen LogP contribution in [0.2, 0.25) is 0 Å². The average Bonchev–Trinajstić information content (AvgIpc) is 2.46. The maximum absolute atomic E-state index is 4.64. The Morgan fingerprint density at radius 3 is 2.80 bits per heavy atom. The molecule has 0 saturated heterocycles. The second-order valence-electron chi connectivity index (χ2n) is 1.57. The fraction of sp³-hybridized carbons (Fsp3) is 0.250. The molecule has 0 nitrogen and oxygen atoms in total. The van der Waals surface area contributed by atoms with Gasteiger partial charge < -0.3 is 0 Å². The summed E-state index contributed by atoms with van der Waals surface area (Å²) in [6, 6.07) is 4.18. The van der Waals surface area contributed by atoms with Crippen LogP contribution in [0.25, 0.3) is 0 Å². The van der Waals surface area contributed by atoms with Crippen molar-refractivity contribution in [2.24, 2.45) is 0 Å². The standard InChI is InChI=1S/C7H8S.CH3Cl/c1-2-4-7-5-3-6-8-7;1-2/h2-3,5-6H,1,4H2;1H3. The normalized spacial score (nSPS) is 7.80. The van der Waals surface area contributed by atoms with E-state index in [2.05, 4.69) is 35.7 Å². The van der Waals surface area contributed by atoms with Crippen molar-refractivity contribution in [1.29, 1.82) is 0 Å². The van der Waals surface area contributed by atoms with Crippen LogP contribution in [0.5, 0.6) is 0 Å². The summed E-state index contributed by atoms with van der Waals surface area (Å²) in [6.45, 7) is 3.64. The smallest absolute Gasteiger partial charge is 0.0108 e. The van der Waals surface area contributed by atoms with Gasteiger partial charge in [0.2, 0.25) is 0 Å². The molecule has 0 aliphatic carbocycles. The van der Waals surface area contributed by atoms with Gasteiger partial charge in [0.05, 0.1) is 0 Å². The molecule has 10 heavy (non-hydrogen) atoms. The Hall–Kier alpha value is -0.270. The van der Waals surface area contributed by atoms with Crippen LogP contribution in [0.4, 0.5) is 0 Å². The minimum absolute atomic E-state index is 1.01. The molecule has 0 N–H and O–H groups in total. The zero-order valence-corrected chi connectivity index (χ0v) is 7.58. The topological polar surface area (TPSA) is 0 Å². The molecule has 1 heterocycles. The van der Waals surface area contributed by atoms with E-state index in [-0.39, 0.29) is 0 Å². The van der Waals surface area contributed by atoms with E-state index < -0.39 is 0 Å². The van der Waals surface area contributed by atoms with Gasteiger partial charge in [-0.15, -0.1) is 29.5 Å². The fourth-order valence-electron chi connectivity index (χ4n) is 0.571. The van der Waals surface area contributed by atoms with E-state index in [0.717, 1.165) is 6.42 Å². The summed E-state index contributed by atoms with van der Waals surface area (Å²) in [5, 5.41) is 2.08. The van der Waals surface area contributed by atoms with Gasteiger partial charge in [-0.1, -0.05) is 12.1 Å². The van der Waals surface area contributed by atoms with Gasteiger partial charge in [-0.25, -0.2) is 0 Å². The summed E-state index contributed by atoms with van der Waals surface area (Å²) >= 11 is 6.42. The van der Waals surface area contributed by atoms with Gasteiger partial charge >= 0.3 is 0 Å². The van der Waals surface area contributed by atoms with Crippen LogP contribution < -0.4 is 0 Å². The summed E-state index contributed by atoms with van der Waals surface area (Å²) in [5.41, 5.74) is 0. The predicted molar refractivity (Wildman–Crippen MR) is 50.0 cm³/mol. The van der Waals surface area contributed by atoms with Crippen LogP contribution >= 0.6 is 22.9 Å². The summed E-state index contributed by atoms with van der Waals surface area (Å²) in [6.07, 6.45) is 4.41. The quantitative estimate of drug-likeness (QED) is 0.477. The van der Waals surface area contributed by atoms with E-state index in [0.29, 0.717) is 0 Å². The highest BCUT2D eigenvalue weighted by molar-refractivity contribution is 7.09. The molecule has 0 amide bonds. The van der Waals surface area contributed by atoms with Gasteiger partial charge in [0.15, 0.2) is 0 Å². The molecule has 2 heteroatoms. The Labute approximate surface area is 71.2 Å². The Balaban J connectivity index is 0.000000371. The molecule has 0 fully saturated rings. The van der Waals surface area contributed by atoms with E-state index in [9.17, 15) is 0 Å². The third-order valence-electron chi connectivity index (χ3n) is 0.926. The van der Waals surface area contributed by atoms with Crippen LogP contribution in [0, 0.1) is 0 Å². The molecule has 0 radical (unpaired) electrons. The lowest BCUT2D eigenvalue weighted by atomic mass is 10.3. The van der Waals surface area contributed by atoms with Gasteiger partial charge in [-0.05, 0) is 17.9 Å². The highest BCUT2D eigenvalue weighted by Crippen LogP contribution is 2.08. The molecule has 1 aromatic rings. The number of halogens is 1. The maximum atomic E-state index is 4.64. The lowest BCUT2D eigenvalue weighted by Gasteiger charge is -1.81. The van der Waals surface area contributed by atoms with Crippen molar-refractivity contribution in [1.82, 2.24) is 0 Å². The van der Waals surface area contributed by atoms with Gasteiger partial charge in [-0.3, -0.25) is 0 Å². The number of rotatable bonds is 2. The minimum atomic E-state index is 1.01. The lowest BCUT2D eigenvalue weighted by molar-refractivity contribution is 1.36. The van der Waals surface area contributed by atoms with Crippen molar-refractivity contribution in [2.45, 2.75) is 6.42 Å². The SMILES string of the molecule is C=CCc1cccs1.CCl. The van der Waals surface area contributed by atoms with Crippen LogP contribution in [0.15, 0.2) is 30.2 Å². The minimum Gasteiger partial charge on any atom is -0.149 e. The number of alkyl halides is 1. The van der Waals surface area contributed by atoms with Gasteiger partial charge in [-0.2, -0.15) is 0 Å². The Kier molecular flexibility index (Phi) is 6.66. The molecule has 0 unspecified atom stereocenters. The zero-order chi connectivity index (χ0) is 7.82. The highest BCUT2D eigenvalue weighted by Gasteiger charge is 1.84. The largest absolute Gasteiger partial charge is 0.149 e. The van der Waals surface area contributed by atoms with Crippen LogP contribution in [-0.4, -0.2) is 6.38 Å². The Morgan fingerprint density at radius 2 is 2.40 bits per heavy atom. The van der Waals surface area contributed by atoms with Crippen LogP contribution in [-0.2, 0) is 6.42 Å². The number of hydrogen-bond acceptors (Lipinski definition) is 1. The number of allylic oxidation sites excluding steroid dienone is 1. The van der Waals surface area contributed by atoms with E-state index in [1.54, 1.807) is 11.3 Å². The molecule has 0 spiro atoms. The molecule has 0 atom stereocenters. The molecular weight excluding hydrogens is 164 g/mol. The molecule has 0 bridgehead atoms. The molecule has 0 aromatic carbocycles. The first-order chi connectivity index (χ1) is 4.93. The van der Waals surface area contributed by atoms with Gasteiger partial charge in [0.1, 0.15) is 0 Å². The summed E-state index contributed by atoms with van der Waals surface area (Å²) in [7, 11) is 0. The summed E-state index contributed by atoms with van der Waals surface area (Å²) in [5.74, 6) is 0. The molecule has 0 aliphatic heterocycles. The second kappa shape index (κ2) is 6.84. The van der Waals surface area contributed by atoms with Crippen molar-refractivity contribution >= 4 is 22.9 Å². The van der Waals surface area contributed by atoms with E-state index >= 15 is 0 Å². The molecule has 56 valence electrons. The van der Waals surface area contributed by atoms with E-state index in [1.165, 1.54) is 11.3 Å². The Morgan fingerprint density at radius 1 is 1.70 bits per heavy atom. The third kappa shape index (κ3) is 3.70. The molecule has 0 saturated carbocycles. The first-order valence-electron chi connectivity index (χ1n) is 2.94.